The second kappa shape index (κ2) is 8.76. The molecule has 0 radical (unpaired) electrons. The van der Waals surface area contributed by atoms with Crippen LogP contribution in [0.2, 0.25) is 5.02 Å². The molecule has 0 aliphatic carbocycles. The van der Waals surface area contributed by atoms with Crippen LogP contribution >= 0.6 is 27.5 Å². The van der Waals surface area contributed by atoms with Crippen molar-refractivity contribution in [3.8, 4) is 5.69 Å². The van der Waals surface area contributed by atoms with Gasteiger partial charge >= 0.3 is 5.97 Å². The lowest BCUT2D eigenvalue weighted by molar-refractivity contribution is 0.0526. The average Bonchev–Trinajstić information content (AvgIpc) is 2.96. The van der Waals surface area contributed by atoms with Gasteiger partial charge in [0.15, 0.2) is 0 Å². The molecule has 0 N–H and O–H groups in total. The van der Waals surface area contributed by atoms with Crippen molar-refractivity contribution in [3.63, 3.8) is 0 Å². The fraction of sp³-hybridized carbons (Fsp3) is 0.182. The highest BCUT2D eigenvalue weighted by Crippen LogP contribution is 2.27. The summed E-state index contributed by atoms with van der Waals surface area (Å²) in [6, 6.07) is 15.1. The summed E-state index contributed by atoms with van der Waals surface area (Å²) >= 11 is 9.52. The number of halogens is 2. The van der Waals surface area contributed by atoms with Crippen LogP contribution in [-0.2, 0) is 4.74 Å². The van der Waals surface area contributed by atoms with Gasteiger partial charge in [0.2, 0.25) is 0 Å². The van der Waals surface area contributed by atoms with Crippen molar-refractivity contribution < 1.29 is 9.53 Å². The first kappa shape index (κ1) is 20.4. The third-order valence-corrected chi connectivity index (χ3v) is 5.57. The summed E-state index contributed by atoms with van der Waals surface area (Å²) in [5, 5.41) is 0.621. The number of hydrogen-bond donors (Lipinski definition) is 0. The molecule has 28 heavy (non-hydrogen) atoms. The topological polar surface area (TPSA) is 43.6 Å². The molecule has 0 aliphatic rings. The number of aryl methyl sites for hydroxylation is 1. The lowest BCUT2D eigenvalue weighted by Crippen LogP contribution is -2.06. The second-order valence-corrected chi connectivity index (χ2v) is 7.55. The van der Waals surface area contributed by atoms with E-state index in [-0.39, 0.29) is 5.97 Å². The van der Waals surface area contributed by atoms with E-state index in [4.69, 9.17) is 16.3 Å². The molecule has 0 saturated carbocycles. The molecule has 0 unspecified atom stereocenters. The maximum atomic E-state index is 12.0. The fourth-order valence-corrected chi connectivity index (χ4v) is 3.43. The van der Waals surface area contributed by atoms with E-state index in [1.165, 1.54) is 0 Å². The predicted octanol–water partition coefficient (Wildman–Crippen LogP) is 6.44. The van der Waals surface area contributed by atoms with Crippen LogP contribution in [0.3, 0.4) is 0 Å². The first-order valence-electron chi connectivity index (χ1n) is 8.86. The Labute approximate surface area is 177 Å². The van der Waals surface area contributed by atoms with Gasteiger partial charge in [0.05, 0.1) is 22.9 Å². The molecule has 6 heteroatoms. The van der Waals surface area contributed by atoms with Crippen LogP contribution in [0.1, 0.15) is 34.2 Å². The van der Waals surface area contributed by atoms with Crippen LogP contribution in [0.4, 0.5) is 5.69 Å². The van der Waals surface area contributed by atoms with Crippen molar-refractivity contribution in [2.45, 2.75) is 20.8 Å². The van der Waals surface area contributed by atoms with Crippen LogP contribution < -0.4 is 0 Å². The summed E-state index contributed by atoms with van der Waals surface area (Å²) in [6.07, 6.45) is 1.83. The maximum Gasteiger partial charge on any atom is 0.338 e. The number of carbonyl (C=O) groups is 1. The third kappa shape index (κ3) is 4.37. The Kier molecular flexibility index (Phi) is 6.37. The monoisotopic (exact) mass is 458 g/mol. The molecule has 4 nitrogen and oxygen atoms in total. The van der Waals surface area contributed by atoms with Crippen molar-refractivity contribution in [1.29, 1.82) is 0 Å². The van der Waals surface area contributed by atoms with Gasteiger partial charge in [-0.3, -0.25) is 4.99 Å². The molecule has 3 rings (SSSR count). The minimum absolute atomic E-state index is 0.319. The highest BCUT2D eigenvalue weighted by molar-refractivity contribution is 9.10. The number of aliphatic imine (C=N–C) groups is 1. The zero-order valence-electron chi connectivity index (χ0n) is 15.9. The largest absolute Gasteiger partial charge is 0.462 e. The lowest BCUT2D eigenvalue weighted by Gasteiger charge is -2.11. The number of esters is 1. The molecule has 0 saturated heterocycles. The molecule has 0 spiro atoms. The van der Waals surface area contributed by atoms with E-state index in [0.29, 0.717) is 17.2 Å². The van der Waals surface area contributed by atoms with E-state index >= 15 is 0 Å². The number of ether oxygens (including phenoxy) is 1. The number of benzene rings is 2. The first-order chi connectivity index (χ1) is 13.4. The van der Waals surface area contributed by atoms with E-state index in [0.717, 1.165) is 32.8 Å². The molecule has 0 atom stereocenters. The van der Waals surface area contributed by atoms with Gasteiger partial charge in [0.1, 0.15) is 0 Å². The van der Waals surface area contributed by atoms with Gasteiger partial charge in [-0.1, -0.05) is 17.7 Å². The van der Waals surface area contributed by atoms with Crippen LogP contribution in [0.5, 0.6) is 0 Å². The average molecular weight is 460 g/mol. The number of hydrogen-bond acceptors (Lipinski definition) is 3. The smallest absolute Gasteiger partial charge is 0.338 e. The predicted molar refractivity (Wildman–Crippen MR) is 118 cm³/mol. The lowest BCUT2D eigenvalue weighted by atomic mass is 10.2. The Balaban J connectivity index is 1.94. The minimum atomic E-state index is -0.319. The highest BCUT2D eigenvalue weighted by atomic mass is 79.9. The van der Waals surface area contributed by atoms with Crippen LogP contribution in [0.15, 0.2) is 58.0 Å². The molecule has 0 bridgehead atoms. The SMILES string of the molecule is CCOC(=O)c1cccc(-n2c(C)cc(C=Nc3ccc(Br)c(Cl)c3)c2C)c1. The van der Waals surface area contributed by atoms with Gasteiger partial charge in [-0.2, -0.15) is 0 Å². The van der Waals surface area contributed by atoms with Crippen molar-refractivity contribution >= 4 is 45.4 Å². The molecular formula is C22H20BrClN2O2. The van der Waals surface area contributed by atoms with E-state index in [9.17, 15) is 4.79 Å². The molecule has 1 heterocycles. The summed E-state index contributed by atoms with van der Waals surface area (Å²) in [7, 11) is 0. The highest BCUT2D eigenvalue weighted by Gasteiger charge is 2.12. The summed E-state index contributed by atoms with van der Waals surface area (Å²) in [5.41, 5.74) is 5.30. The van der Waals surface area contributed by atoms with E-state index in [1.807, 2.05) is 56.5 Å². The summed E-state index contributed by atoms with van der Waals surface area (Å²) < 4.78 is 8.04. The summed E-state index contributed by atoms with van der Waals surface area (Å²) in [6.45, 7) is 6.20. The van der Waals surface area contributed by atoms with E-state index in [1.54, 1.807) is 13.0 Å². The molecule has 0 amide bonds. The van der Waals surface area contributed by atoms with Crippen molar-refractivity contribution in [2.75, 3.05) is 6.61 Å². The minimum Gasteiger partial charge on any atom is -0.462 e. The number of rotatable bonds is 5. The molecular weight excluding hydrogens is 440 g/mol. The molecule has 3 aromatic rings. The number of aromatic nitrogens is 1. The second-order valence-electron chi connectivity index (χ2n) is 6.29. The first-order valence-corrected chi connectivity index (χ1v) is 10.0. The number of carbonyl (C=O) groups excluding carboxylic acids is 1. The fourth-order valence-electron chi connectivity index (χ4n) is 3.01. The van der Waals surface area contributed by atoms with Crippen molar-refractivity contribution in [1.82, 2.24) is 4.57 Å². The van der Waals surface area contributed by atoms with E-state index < -0.39 is 0 Å². The zero-order valence-corrected chi connectivity index (χ0v) is 18.2. The third-order valence-electron chi connectivity index (χ3n) is 4.34. The van der Waals surface area contributed by atoms with Crippen LogP contribution in [0, 0.1) is 13.8 Å². The zero-order chi connectivity index (χ0) is 20.3. The van der Waals surface area contributed by atoms with Gasteiger partial charge in [-0.05, 0) is 79.2 Å². The normalized spacial score (nSPS) is 11.2. The van der Waals surface area contributed by atoms with Gasteiger partial charge in [-0.25, -0.2) is 4.79 Å². The van der Waals surface area contributed by atoms with Crippen molar-refractivity contribution in [3.05, 3.63) is 80.5 Å². The summed E-state index contributed by atoms with van der Waals surface area (Å²) in [4.78, 5) is 16.6. The Morgan fingerprint density at radius 2 is 2.00 bits per heavy atom. The molecule has 1 aromatic heterocycles. The Hall–Kier alpha value is -2.37. The van der Waals surface area contributed by atoms with Gasteiger partial charge in [-0.15, -0.1) is 0 Å². The Morgan fingerprint density at radius 1 is 1.21 bits per heavy atom. The maximum absolute atomic E-state index is 12.0. The van der Waals surface area contributed by atoms with E-state index in [2.05, 4.69) is 31.6 Å². The van der Waals surface area contributed by atoms with Gasteiger partial charge in [0.25, 0.3) is 0 Å². The summed E-state index contributed by atoms with van der Waals surface area (Å²) in [5.74, 6) is -0.319. The quantitative estimate of drug-likeness (QED) is 0.325. The molecule has 0 fully saturated rings. The van der Waals surface area contributed by atoms with Gasteiger partial charge < -0.3 is 9.30 Å². The molecule has 144 valence electrons. The Morgan fingerprint density at radius 3 is 2.71 bits per heavy atom. The Bertz CT molecular complexity index is 1060. The molecule has 2 aromatic carbocycles. The van der Waals surface area contributed by atoms with Crippen LogP contribution in [-0.4, -0.2) is 23.4 Å². The van der Waals surface area contributed by atoms with Crippen LogP contribution in [0.25, 0.3) is 5.69 Å². The standard InChI is InChI=1S/C22H20BrClN2O2/c1-4-28-22(27)16-6-5-7-19(11-16)26-14(2)10-17(15(26)3)13-25-18-8-9-20(23)21(24)12-18/h5-13H,4H2,1-3H3. The van der Waals surface area contributed by atoms with Crippen molar-refractivity contribution in [2.24, 2.45) is 4.99 Å². The number of nitrogens with zero attached hydrogens (tertiary/aromatic N) is 2. The van der Waals surface area contributed by atoms with Gasteiger partial charge in [0, 0.05) is 33.3 Å². The molecule has 0 aliphatic heterocycles.